The van der Waals surface area contributed by atoms with Gasteiger partial charge in [-0.3, -0.25) is 15.8 Å². The number of halogens is 1. The van der Waals surface area contributed by atoms with Gasteiger partial charge in [0.1, 0.15) is 0 Å². The van der Waals surface area contributed by atoms with Crippen LogP contribution in [0.5, 0.6) is 0 Å². The van der Waals surface area contributed by atoms with Gasteiger partial charge in [-0.1, -0.05) is 12.1 Å². The van der Waals surface area contributed by atoms with E-state index in [1.54, 1.807) is 12.4 Å². The normalized spacial score (nSPS) is 18.4. The second-order valence-corrected chi connectivity index (χ2v) is 7.97. The summed E-state index contributed by atoms with van der Waals surface area (Å²) in [4.78, 5) is 14.4. The van der Waals surface area contributed by atoms with Crippen LogP contribution >= 0.6 is 0 Å². The molecule has 10 nitrogen and oxygen atoms in total. The second kappa shape index (κ2) is 10.5. The second-order valence-electron chi connectivity index (χ2n) is 7.97. The predicted octanol–water partition coefficient (Wildman–Crippen LogP) is 2.58. The van der Waals surface area contributed by atoms with E-state index in [-0.39, 0.29) is 11.8 Å². The number of hydrogen-bond acceptors (Lipinski definition) is 10. The molecule has 5 rings (SSSR count). The summed E-state index contributed by atoms with van der Waals surface area (Å²) in [5.41, 5.74) is 12.9. The molecule has 2 aliphatic rings. The lowest BCUT2D eigenvalue weighted by Crippen LogP contribution is -2.37. The van der Waals surface area contributed by atoms with E-state index >= 15 is 0 Å². The minimum Gasteiger partial charge on any atom is -0.378 e. The monoisotopic (exact) mass is 463 g/mol. The van der Waals surface area contributed by atoms with E-state index in [4.69, 9.17) is 4.74 Å². The third-order valence-corrected chi connectivity index (χ3v) is 5.60. The first-order valence-corrected chi connectivity index (χ1v) is 11.2. The highest BCUT2D eigenvalue weighted by Crippen LogP contribution is 2.24. The Kier molecular flexibility index (Phi) is 6.84. The van der Waals surface area contributed by atoms with Gasteiger partial charge in [-0.05, 0) is 36.2 Å². The first-order valence-electron chi connectivity index (χ1n) is 11.2. The maximum absolute atomic E-state index is 14.1. The van der Waals surface area contributed by atoms with E-state index in [0.29, 0.717) is 38.0 Å². The van der Waals surface area contributed by atoms with Crippen LogP contribution in [-0.4, -0.2) is 54.0 Å². The number of pyridine rings is 1. The maximum atomic E-state index is 14.1. The zero-order valence-corrected chi connectivity index (χ0v) is 18.5. The number of hydrogen-bond donors (Lipinski definition) is 4. The molecule has 11 heteroatoms. The van der Waals surface area contributed by atoms with Gasteiger partial charge < -0.3 is 15.0 Å². The van der Waals surface area contributed by atoms with E-state index < -0.39 is 5.82 Å². The van der Waals surface area contributed by atoms with Crippen molar-refractivity contribution < 1.29 is 9.13 Å². The van der Waals surface area contributed by atoms with Gasteiger partial charge in [-0.25, -0.2) is 14.8 Å². The third-order valence-electron chi connectivity index (χ3n) is 5.60. The molecule has 0 bridgehead atoms. The largest absolute Gasteiger partial charge is 0.378 e. The van der Waals surface area contributed by atoms with Crippen LogP contribution in [0, 0.1) is 5.82 Å². The lowest BCUT2D eigenvalue weighted by Gasteiger charge is -2.27. The Morgan fingerprint density at radius 1 is 1.12 bits per heavy atom. The number of aromatic nitrogens is 3. The van der Waals surface area contributed by atoms with Crippen molar-refractivity contribution in [2.45, 2.75) is 12.5 Å². The molecule has 2 saturated heterocycles. The summed E-state index contributed by atoms with van der Waals surface area (Å²) >= 11 is 0. The molecule has 1 unspecified atom stereocenters. The Hall–Kier alpha value is -3.67. The van der Waals surface area contributed by atoms with Crippen molar-refractivity contribution in [3.05, 3.63) is 65.9 Å². The first-order chi connectivity index (χ1) is 16.7. The molecule has 0 aliphatic carbocycles. The van der Waals surface area contributed by atoms with Crippen LogP contribution in [0.25, 0.3) is 0 Å². The van der Waals surface area contributed by atoms with Crippen LogP contribution in [-0.2, 0) is 4.74 Å². The van der Waals surface area contributed by atoms with Gasteiger partial charge in [0.05, 0.1) is 43.2 Å². The summed E-state index contributed by atoms with van der Waals surface area (Å²) in [5.74, 6) is -0.0132. The highest BCUT2D eigenvalue weighted by Gasteiger charge is 2.18. The molecule has 176 valence electrons. The Bertz CT molecular complexity index is 1130. The zero-order chi connectivity index (χ0) is 23.2. The lowest BCUT2D eigenvalue weighted by atomic mass is 10.0. The Labute approximate surface area is 196 Å². The molecule has 1 atom stereocenters. The number of rotatable bonds is 7. The molecule has 2 fully saturated rings. The SMILES string of the molecule is Fc1cnc(N/N=C/c2ccc(Nc3cccc(C4CCNN4)c3)cn2)nc1N1CCOCC1. The van der Waals surface area contributed by atoms with Crippen molar-refractivity contribution in [2.24, 2.45) is 5.10 Å². The number of hydrazine groups is 1. The molecular weight excluding hydrogens is 437 g/mol. The fourth-order valence-electron chi connectivity index (χ4n) is 3.85. The predicted molar refractivity (Wildman–Crippen MR) is 129 cm³/mol. The average molecular weight is 464 g/mol. The van der Waals surface area contributed by atoms with E-state index in [1.807, 2.05) is 29.2 Å². The van der Waals surface area contributed by atoms with Crippen LogP contribution in [0.15, 0.2) is 53.9 Å². The van der Waals surface area contributed by atoms with Crippen molar-refractivity contribution in [2.75, 3.05) is 48.5 Å². The summed E-state index contributed by atoms with van der Waals surface area (Å²) < 4.78 is 19.5. The highest BCUT2D eigenvalue weighted by atomic mass is 19.1. The Morgan fingerprint density at radius 3 is 2.82 bits per heavy atom. The van der Waals surface area contributed by atoms with Crippen LogP contribution < -0.4 is 26.5 Å². The van der Waals surface area contributed by atoms with Gasteiger partial charge in [0.2, 0.25) is 5.95 Å². The van der Waals surface area contributed by atoms with Crippen molar-refractivity contribution >= 4 is 29.4 Å². The standard InChI is InChI=1S/C23H26FN9O/c24-20-15-26-23(30-22(20)33-8-10-34-11-9-33)32-28-14-18-4-5-19(13-25-18)29-17-3-1-2-16(12-17)21-6-7-27-31-21/h1-5,12-15,21,27,29,31H,6-11H2,(H,26,30,32)/b28-14+. The van der Waals surface area contributed by atoms with Crippen molar-refractivity contribution in [3.63, 3.8) is 0 Å². The van der Waals surface area contributed by atoms with Crippen LogP contribution in [0.3, 0.4) is 0 Å². The van der Waals surface area contributed by atoms with Gasteiger partial charge >= 0.3 is 0 Å². The van der Waals surface area contributed by atoms with Gasteiger partial charge in [-0.2, -0.15) is 10.1 Å². The van der Waals surface area contributed by atoms with E-state index in [0.717, 1.165) is 30.5 Å². The van der Waals surface area contributed by atoms with E-state index in [1.165, 1.54) is 5.56 Å². The molecular formula is C23H26FN9O. The number of nitrogens with one attached hydrogen (secondary N) is 4. The number of hydrazone groups is 1. The Balaban J connectivity index is 1.19. The molecule has 3 aromatic rings. The molecule has 0 saturated carbocycles. The van der Waals surface area contributed by atoms with Crippen molar-refractivity contribution in [3.8, 4) is 0 Å². The molecule has 0 spiro atoms. The van der Waals surface area contributed by atoms with Gasteiger partial charge in [0.15, 0.2) is 11.6 Å². The molecule has 4 N–H and O–H groups in total. The minimum absolute atomic E-state index is 0.212. The van der Waals surface area contributed by atoms with Gasteiger partial charge in [-0.15, -0.1) is 0 Å². The fourth-order valence-corrected chi connectivity index (χ4v) is 3.85. The van der Waals surface area contributed by atoms with Crippen molar-refractivity contribution in [1.82, 2.24) is 25.8 Å². The molecule has 1 aromatic carbocycles. The summed E-state index contributed by atoms with van der Waals surface area (Å²) in [7, 11) is 0. The fraction of sp³-hybridized carbons (Fsp3) is 0.304. The van der Waals surface area contributed by atoms with E-state index in [9.17, 15) is 4.39 Å². The molecule has 0 radical (unpaired) electrons. The van der Waals surface area contributed by atoms with Crippen LogP contribution in [0.2, 0.25) is 0 Å². The number of morpholine rings is 1. The number of ether oxygens (including phenoxy) is 1. The summed E-state index contributed by atoms with van der Waals surface area (Å²) in [6.07, 6.45) is 5.51. The third kappa shape index (κ3) is 5.45. The summed E-state index contributed by atoms with van der Waals surface area (Å²) in [5, 5.41) is 7.52. The summed E-state index contributed by atoms with van der Waals surface area (Å²) in [6, 6.07) is 12.4. The topological polar surface area (TPSA) is 112 Å². The molecule has 2 aliphatic heterocycles. The van der Waals surface area contributed by atoms with Crippen LogP contribution in [0.1, 0.15) is 23.7 Å². The summed E-state index contributed by atoms with van der Waals surface area (Å²) in [6.45, 7) is 3.22. The average Bonchev–Trinajstić information content (AvgIpc) is 3.42. The van der Waals surface area contributed by atoms with E-state index in [2.05, 4.69) is 53.8 Å². The smallest absolute Gasteiger partial charge is 0.245 e. The van der Waals surface area contributed by atoms with Gasteiger partial charge in [0, 0.05) is 31.4 Å². The van der Waals surface area contributed by atoms with Gasteiger partial charge in [0.25, 0.3) is 0 Å². The molecule has 34 heavy (non-hydrogen) atoms. The Morgan fingerprint density at radius 2 is 2.03 bits per heavy atom. The quantitative estimate of drug-likeness (QED) is 0.310. The molecule has 0 amide bonds. The van der Waals surface area contributed by atoms with Crippen LogP contribution in [0.4, 0.5) is 27.5 Å². The molecule has 4 heterocycles. The zero-order valence-electron chi connectivity index (χ0n) is 18.5. The highest BCUT2D eigenvalue weighted by molar-refractivity contribution is 5.78. The lowest BCUT2D eigenvalue weighted by molar-refractivity contribution is 0.122. The number of nitrogens with zero attached hydrogens (tertiary/aromatic N) is 5. The minimum atomic E-state index is -0.470. The van der Waals surface area contributed by atoms with Crippen molar-refractivity contribution in [1.29, 1.82) is 0 Å². The number of anilines is 4. The number of benzene rings is 1. The first kappa shape index (κ1) is 22.1. The maximum Gasteiger partial charge on any atom is 0.245 e. The molecule has 2 aromatic heterocycles.